The highest BCUT2D eigenvalue weighted by molar-refractivity contribution is 5.60. The number of aromatic hydroxyl groups is 1. The number of rotatable bonds is 2. The van der Waals surface area contributed by atoms with Crippen molar-refractivity contribution in [1.82, 2.24) is 15.1 Å². The third kappa shape index (κ3) is 2.81. The van der Waals surface area contributed by atoms with Crippen molar-refractivity contribution in [3.63, 3.8) is 0 Å². The monoisotopic (exact) mass is 233 g/mol. The van der Waals surface area contributed by atoms with Gasteiger partial charge >= 0.3 is 0 Å². The lowest BCUT2D eigenvalue weighted by molar-refractivity contribution is 0.374. The third-order valence-corrected chi connectivity index (χ3v) is 2.19. The van der Waals surface area contributed by atoms with E-state index in [0.717, 1.165) is 6.42 Å². The molecule has 0 bridgehead atoms. The molecule has 0 radical (unpaired) electrons. The number of nitrogens with zero attached hydrogens (tertiary/aromatic N) is 3. The zero-order chi connectivity index (χ0) is 12.5. The molecule has 0 atom stereocenters. The van der Waals surface area contributed by atoms with Gasteiger partial charge in [-0.05, 0) is 11.5 Å². The zero-order valence-electron chi connectivity index (χ0n) is 10.1. The van der Waals surface area contributed by atoms with Gasteiger partial charge in [-0.2, -0.15) is 4.98 Å². The molecule has 1 N–H and O–H groups in total. The van der Waals surface area contributed by atoms with E-state index in [0.29, 0.717) is 17.3 Å². The van der Waals surface area contributed by atoms with Crippen LogP contribution in [0.3, 0.4) is 0 Å². The molecular weight excluding hydrogens is 218 g/mol. The van der Waals surface area contributed by atoms with Crippen LogP contribution in [0, 0.1) is 5.41 Å². The molecule has 0 amide bonds. The van der Waals surface area contributed by atoms with Crippen molar-refractivity contribution in [3.8, 4) is 17.2 Å². The third-order valence-electron chi connectivity index (χ3n) is 2.19. The standard InChI is InChI=1S/C12H15N3O2/c1-12(2,3)6-10-14-11(17-15-10)8-4-5-13-7-9(8)16/h4-5,7,16H,6H2,1-3H3. The molecule has 90 valence electrons. The Labute approximate surface area is 99.5 Å². The maximum Gasteiger partial charge on any atom is 0.261 e. The van der Waals surface area contributed by atoms with E-state index >= 15 is 0 Å². The highest BCUT2D eigenvalue weighted by Crippen LogP contribution is 2.27. The first-order chi connectivity index (χ1) is 7.96. The molecule has 0 saturated carbocycles. The Balaban J connectivity index is 2.28. The van der Waals surface area contributed by atoms with E-state index in [2.05, 4.69) is 35.9 Å². The maximum atomic E-state index is 9.62. The Kier molecular flexibility index (Phi) is 2.83. The Hall–Kier alpha value is -1.91. The Morgan fingerprint density at radius 2 is 2.12 bits per heavy atom. The summed E-state index contributed by atoms with van der Waals surface area (Å²) in [5.41, 5.74) is 0.606. The number of hydrogen-bond acceptors (Lipinski definition) is 5. The first-order valence-corrected chi connectivity index (χ1v) is 5.42. The molecule has 0 aliphatic carbocycles. The average Bonchev–Trinajstić information content (AvgIpc) is 2.64. The molecule has 0 saturated heterocycles. The summed E-state index contributed by atoms with van der Waals surface area (Å²) < 4.78 is 5.13. The molecular formula is C12H15N3O2. The summed E-state index contributed by atoms with van der Waals surface area (Å²) in [6, 6.07) is 1.64. The van der Waals surface area contributed by atoms with Gasteiger partial charge < -0.3 is 9.63 Å². The smallest absolute Gasteiger partial charge is 0.261 e. The molecule has 0 unspecified atom stereocenters. The second-order valence-corrected chi connectivity index (χ2v) is 5.15. The molecule has 2 rings (SSSR count). The predicted octanol–water partition coefficient (Wildman–Crippen LogP) is 2.43. The fourth-order valence-electron chi connectivity index (χ4n) is 1.48. The van der Waals surface area contributed by atoms with Gasteiger partial charge in [-0.3, -0.25) is 4.98 Å². The van der Waals surface area contributed by atoms with E-state index in [1.807, 2.05) is 0 Å². The highest BCUT2D eigenvalue weighted by atomic mass is 16.5. The van der Waals surface area contributed by atoms with Gasteiger partial charge in [0.25, 0.3) is 5.89 Å². The van der Waals surface area contributed by atoms with Crippen molar-refractivity contribution < 1.29 is 9.63 Å². The summed E-state index contributed by atoms with van der Waals surface area (Å²) in [5.74, 6) is 1.01. The minimum Gasteiger partial charge on any atom is -0.505 e. The van der Waals surface area contributed by atoms with Crippen LogP contribution in [0.4, 0.5) is 0 Å². The molecule has 0 spiro atoms. The fraction of sp³-hybridized carbons (Fsp3) is 0.417. The van der Waals surface area contributed by atoms with Crippen LogP contribution in [-0.2, 0) is 6.42 Å². The summed E-state index contributed by atoms with van der Waals surface area (Å²) in [5, 5.41) is 13.5. The molecule has 0 aromatic carbocycles. The van der Waals surface area contributed by atoms with Crippen LogP contribution in [0.2, 0.25) is 0 Å². The van der Waals surface area contributed by atoms with Crippen molar-refractivity contribution in [2.75, 3.05) is 0 Å². The SMILES string of the molecule is CC(C)(C)Cc1noc(-c2ccncc2O)n1. The lowest BCUT2D eigenvalue weighted by Crippen LogP contribution is -2.10. The molecule has 0 fully saturated rings. The van der Waals surface area contributed by atoms with Crippen molar-refractivity contribution in [2.45, 2.75) is 27.2 Å². The van der Waals surface area contributed by atoms with Crippen molar-refractivity contribution in [1.29, 1.82) is 0 Å². The Morgan fingerprint density at radius 3 is 2.76 bits per heavy atom. The minimum atomic E-state index is 0.0402. The van der Waals surface area contributed by atoms with E-state index in [1.54, 1.807) is 12.3 Å². The van der Waals surface area contributed by atoms with Gasteiger partial charge in [-0.15, -0.1) is 0 Å². The second kappa shape index (κ2) is 4.16. The Morgan fingerprint density at radius 1 is 1.35 bits per heavy atom. The molecule has 17 heavy (non-hydrogen) atoms. The van der Waals surface area contributed by atoms with Crippen LogP contribution >= 0.6 is 0 Å². The highest BCUT2D eigenvalue weighted by Gasteiger charge is 2.18. The topological polar surface area (TPSA) is 72.0 Å². The van der Waals surface area contributed by atoms with Gasteiger partial charge in [0.05, 0.1) is 11.8 Å². The van der Waals surface area contributed by atoms with Crippen LogP contribution in [0.1, 0.15) is 26.6 Å². The normalized spacial score (nSPS) is 11.7. The van der Waals surface area contributed by atoms with Crippen LogP contribution in [0.15, 0.2) is 23.0 Å². The average molecular weight is 233 g/mol. The van der Waals surface area contributed by atoms with Gasteiger partial charge in [-0.1, -0.05) is 25.9 Å². The van der Waals surface area contributed by atoms with Gasteiger partial charge in [0.1, 0.15) is 5.75 Å². The molecule has 2 aromatic rings. The van der Waals surface area contributed by atoms with E-state index in [1.165, 1.54) is 6.20 Å². The second-order valence-electron chi connectivity index (χ2n) is 5.15. The number of pyridine rings is 1. The maximum absolute atomic E-state index is 9.62. The summed E-state index contributed by atoms with van der Waals surface area (Å²) >= 11 is 0. The lowest BCUT2D eigenvalue weighted by atomic mass is 9.92. The van der Waals surface area contributed by atoms with E-state index in [-0.39, 0.29) is 11.2 Å². The van der Waals surface area contributed by atoms with Crippen molar-refractivity contribution in [3.05, 3.63) is 24.3 Å². The van der Waals surface area contributed by atoms with E-state index < -0.39 is 0 Å². The quantitative estimate of drug-likeness (QED) is 0.862. The summed E-state index contributed by atoms with van der Waals surface area (Å²) in [6.45, 7) is 6.31. The van der Waals surface area contributed by atoms with Crippen LogP contribution in [-0.4, -0.2) is 20.2 Å². The van der Waals surface area contributed by atoms with E-state index in [9.17, 15) is 5.11 Å². The summed E-state index contributed by atoms with van der Waals surface area (Å²) in [7, 11) is 0. The summed E-state index contributed by atoms with van der Waals surface area (Å²) in [6.07, 6.45) is 3.65. The number of hydrogen-bond donors (Lipinski definition) is 1. The minimum absolute atomic E-state index is 0.0402. The number of aromatic nitrogens is 3. The van der Waals surface area contributed by atoms with Crippen LogP contribution in [0.25, 0.3) is 11.5 Å². The summed E-state index contributed by atoms with van der Waals surface area (Å²) in [4.78, 5) is 8.06. The Bertz CT molecular complexity index is 514. The van der Waals surface area contributed by atoms with Gasteiger partial charge in [-0.25, -0.2) is 0 Å². The van der Waals surface area contributed by atoms with Crippen molar-refractivity contribution in [2.24, 2.45) is 5.41 Å². The van der Waals surface area contributed by atoms with Gasteiger partial charge in [0.2, 0.25) is 0 Å². The van der Waals surface area contributed by atoms with E-state index in [4.69, 9.17) is 4.52 Å². The van der Waals surface area contributed by atoms with Gasteiger partial charge in [0, 0.05) is 12.6 Å². The molecule has 5 heteroatoms. The zero-order valence-corrected chi connectivity index (χ0v) is 10.1. The van der Waals surface area contributed by atoms with Gasteiger partial charge in [0.15, 0.2) is 5.82 Å². The van der Waals surface area contributed by atoms with Crippen LogP contribution in [0.5, 0.6) is 5.75 Å². The molecule has 0 aliphatic rings. The fourth-order valence-corrected chi connectivity index (χ4v) is 1.48. The first-order valence-electron chi connectivity index (χ1n) is 5.42. The molecule has 2 heterocycles. The molecule has 5 nitrogen and oxygen atoms in total. The van der Waals surface area contributed by atoms with Crippen LogP contribution < -0.4 is 0 Å². The first kappa shape index (κ1) is 11.6. The predicted molar refractivity (Wildman–Crippen MR) is 62.4 cm³/mol. The lowest BCUT2D eigenvalue weighted by Gasteiger charge is -2.14. The van der Waals surface area contributed by atoms with Crippen molar-refractivity contribution >= 4 is 0 Å². The molecule has 2 aromatic heterocycles. The molecule has 0 aliphatic heterocycles. The largest absolute Gasteiger partial charge is 0.505 e.